The molecular weight excluding hydrogens is 432 g/mol. The minimum absolute atomic E-state index is 0.0205. The molecule has 2 fully saturated rings. The van der Waals surface area contributed by atoms with Gasteiger partial charge in [-0.1, -0.05) is 12.1 Å². The third-order valence-electron chi connectivity index (χ3n) is 6.73. The largest absolute Gasteiger partial charge is 0.383 e. The molecule has 3 heterocycles. The molecule has 34 heavy (non-hydrogen) atoms. The van der Waals surface area contributed by atoms with Crippen LogP contribution in [0.25, 0.3) is 22.0 Å². The van der Waals surface area contributed by atoms with Gasteiger partial charge in [-0.05, 0) is 43.4 Å². The van der Waals surface area contributed by atoms with Gasteiger partial charge in [0.15, 0.2) is 0 Å². The molecule has 2 aliphatic rings. The highest BCUT2D eigenvalue weighted by molar-refractivity contribution is 5.99. The Kier molecular flexibility index (Phi) is 6.55. The maximum Gasteiger partial charge on any atom is 0.254 e. The van der Waals surface area contributed by atoms with Crippen LogP contribution in [0.4, 0.5) is 11.8 Å². The predicted molar refractivity (Wildman–Crippen MR) is 131 cm³/mol. The summed E-state index contributed by atoms with van der Waals surface area (Å²) < 4.78 is 10.8. The van der Waals surface area contributed by atoms with Crippen molar-refractivity contribution >= 4 is 28.6 Å². The average Bonchev–Trinajstić information content (AvgIpc) is 2.89. The first-order valence-corrected chi connectivity index (χ1v) is 11.8. The van der Waals surface area contributed by atoms with Crippen LogP contribution in [-0.2, 0) is 9.47 Å². The Balaban J connectivity index is 1.39. The molecule has 178 valence electrons. The number of rotatable bonds is 5. The van der Waals surface area contributed by atoms with E-state index >= 15 is 0 Å². The topological polar surface area (TPSA) is 115 Å². The molecule has 3 N–H and O–H groups in total. The van der Waals surface area contributed by atoms with Gasteiger partial charge < -0.3 is 25.4 Å². The van der Waals surface area contributed by atoms with Crippen LogP contribution in [0.1, 0.15) is 36.0 Å². The first kappa shape index (κ1) is 22.5. The van der Waals surface area contributed by atoms with Gasteiger partial charge in [-0.2, -0.15) is 0 Å². The van der Waals surface area contributed by atoms with E-state index in [0.717, 1.165) is 42.3 Å². The number of hydrogen-bond donors (Lipinski definition) is 2. The number of morpholine rings is 1. The average molecular weight is 463 g/mol. The fourth-order valence-electron chi connectivity index (χ4n) is 4.69. The van der Waals surface area contributed by atoms with Crippen LogP contribution < -0.4 is 11.1 Å². The van der Waals surface area contributed by atoms with Crippen molar-refractivity contribution in [3.05, 3.63) is 42.2 Å². The fraction of sp³-hybridized carbons (Fsp3) is 0.440. The van der Waals surface area contributed by atoms with Crippen molar-refractivity contribution in [2.75, 3.05) is 44.5 Å². The molecule has 1 aliphatic carbocycles. The summed E-state index contributed by atoms with van der Waals surface area (Å²) in [6.07, 6.45) is 7.89. The molecule has 1 amide bonds. The normalized spacial score (nSPS) is 20.9. The van der Waals surface area contributed by atoms with E-state index < -0.39 is 0 Å². The zero-order valence-electron chi connectivity index (χ0n) is 19.4. The second-order valence-corrected chi connectivity index (χ2v) is 8.85. The van der Waals surface area contributed by atoms with Crippen LogP contribution in [-0.4, -0.2) is 71.3 Å². The van der Waals surface area contributed by atoms with E-state index in [0.29, 0.717) is 61.2 Å². The van der Waals surface area contributed by atoms with Crippen molar-refractivity contribution in [2.45, 2.75) is 37.8 Å². The van der Waals surface area contributed by atoms with Gasteiger partial charge in [-0.15, -0.1) is 0 Å². The molecule has 5 rings (SSSR count). The number of amides is 1. The number of ether oxygens (including phenoxy) is 2. The summed E-state index contributed by atoms with van der Waals surface area (Å²) in [7, 11) is 1.77. The minimum atomic E-state index is 0.0205. The molecule has 9 heteroatoms. The molecule has 0 bridgehead atoms. The number of pyridine rings is 1. The lowest BCUT2D eigenvalue weighted by atomic mass is 9.93. The molecule has 9 nitrogen and oxygen atoms in total. The number of fused-ring (bicyclic) bond motifs is 1. The van der Waals surface area contributed by atoms with Crippen molar-refractivity contribution in [3.63, 3.8) is 0 Å². The summed E-state index contributed by atoms with van der Waals surface area (Å²) in [5.74, 6) is 0.997. The van der Waals surface area contributed by atoms with Gasteiger partial charge in [-0.3, -0.25) is 4.79 Å². The molecule has 0 atom stereocenters. The van der Waals surface area contributed by atoms with Crippen molar-refractivity contribution in [1.29, 1.82) is 0 Å². The lowest BCUT2D eigenvalue weighted by Crippen LogP contribution is -2.40. The Morgan fingerprint density at radius 2 is 1.82 bits per heavy atom. The number of benzene rings is 1. The van der Waals surface area contributed by atoms with Crippen LogP contribution in [0.3, 0.4) is 0 Å². The van der Waals surface area contributed by atoms with Gasteiger partial charge in [0, 0.05) is 49.8 Å². The van der Waals surface area contributed by atoms with Crippen LogP contribution in [0.5, 0.6) is 0 Å². The number of nitrogens with one attached hydrogen (secondary N) is 1. The lowest BCUT2D eigenvalue weighted by Gasteiger charge is -2.28. The summed E-state index contributed by atoms with van der Waals surface area (Å²) in [4.78, 5) is 28.3. The Hall–Kier alpha value is -3.30. The number of carbonyl (C=O) groups excluding carboxylic acids is 1. The van der Waals surface area contributed by atoms with Gasteiger partial charge in [-0.25, -0.2) is 15.0 Å². The lowest BCUT2D eigenvalue weighted by molar-refractivity contribution is 0.0303. The van der Waals surface area contributed by atoms with Crippen molar-refractivity contribution in [1.82, 2.24) is 19.9 Å². The third-order valence-corrected chi connectivity index (χ3v) is 6.73. The van der Waals surface area contributed by atoms with Crippen LogP contribution in [0.2, 0.25) is 0 Å². The van der Waals surface area contributed by atoms with Crippen molar-refractivity contribution < 1.29 is 14.3 Å². The van der Waals surface area contributed by atoms with Gasteiger partial charge in [0.25, 0.3) is 5.91 Å². The molecule has 2 aromatic heterocycles. The highest BCUT2D eigenvalue weighted by Gasteiger charge is 2.22. The summed E-state index contributed by atoms with van der Waals surface area (Å²) in [5, 5.41) is 4.18. The summed E-state index contributed by atoms with van der Waals surface area (Å²) in [6, 6.07) is 7.88. The Bertz CT molecular complexity index is 1160. The van der Waals surface area contributed by atoms with Crippen molar-refractivity contribution in [2.24, 2.45) is 0 Å². The second-order valence-electron chi connectivity index (χ2n) is 8.85. The Labute approximate surface area is 198 Å². The number of methoxy groups -OCH3 is 1. The number of nitrogens with two attached hydrogens (primary N) is 1. The number of carbonyl (C=O) groups is 1. The quantitative estimate of drug-likeness (QED) is 0.594. The molecule has 0 radical (unpaired) electrons. The number of nitrogens with zero attached hydrogens (tertiary/aromatic N) is 4. The standard InChI is InChI=1S/C25H30N6O3/c1-33-19-8-6-18(7-9-19)29-25-28-15-21-22(30-25)20(14-27-23(21)26)16-2-4-17(5-3-16)24(32)31-10-12-34-13-11-31/h2-5,14-15,18-19H,6-13H2,1H3,(H2,26,27)(H,28,29,30). The molecule has 1 saturated heterocycles. The summed E-state index contributed by atoms with van der Waals surface area (Å²) in [5.41, 5.74) is 9.29. The zero-order chi connectivity index (χ0) is 23.5. The Morgan fingerprint density at radius 3 is 2.53 bits per heavy atom. The molecule has 0 spiro atoms. The van der Waals surface area contributed by atoms with Crippen LogP contribution in [0.15, 0.2) is 36.7 Å². The van der Waals surface area contributed by atoms with E-state index in [-0.39, 0.29) is 5.91 Å². The maximum absolute atomic E-state index is 12.8. The highest BCUT2D eigenvalue weighted by atomic mass is 16.5. The molecule has 1 aliphatic heterocycles. The Morgan fingerprint density at radius 1 is 1.09 bits per heavy atom. The predicted octanol–water partition coefficient (Wildman–Crippen LogP) is 3.12. The summed E-state index contributed by atoms with van der Waals surface area (Å²) in [6.45, 7) is 2.40. The molecule has 1 aromatic carbocycles. The van der Waals surface area contributed by atoms with Crippen LogP contribution in [0, 0.1) is 0 Å². The van der Waals surface area contributed by atoms with E-state index in [4.69, 9.17) is 20.2 Å². The molecular formula is C25H30N6O3. The van der Waals surface area contributed by atoms with Gasteiger partial charge in [0.05, 0.1) is 30.2 Å². The van der Waals surface area contributed by atoms with Crippen molar-refractivity contribution in [3.8, 4) is 11.1 Å². The number of hydrogen-bond acceptors (Lipinski definition) is 8. The van der Waals surface area contributed by atoms with E-state index in [1.165, 1.54) is 0 Å². The van der Waals surface area contributed by atoms with Gasteiger partial charge in [0.2, 0.25) is 5.95 Å². The zero-order valence-corrected chi connectivity index (χ0v) is 19.4. The highest BCUT2D eigenvalue weighted by Crippen LogP contribution is 2.31. The van der Waals surface area contributed by atoms with Gasteiger partial charge in [0.1, 0.15) is 5.82 Å². The first-order chi connectivity index (χ1) is 16.6. The van der Waals surface area contributed by atoms with Gasteiger partial charge >= 0.3 is 0 Å². The summed E-state index contributed by atoms with van der Waals surface area (Å²) >= 11 is 0. The SMILES string of the molecule is COC1CCC(Nc2ncc3c(N)ncc(-c4ccc(C(=O)N5CCOCC5)cc4)c3n2)CC1. The molecule has 1 saturated carbocycles. The molecule has 3 aromatic rings. The second kappa shape index (κ2) is 9.90. The number of nitrogen functional groups attached to an aromatic ring is 1. The monoisotopic (exact) mass is 462 g/mol. The molecule has 0 unspecified atom stereocenters. The minimum Gasteiger partial charge on any atom is -0.383 e. The van der Waals surface area contributed by atoms with Crippen LogP contribution >= 0.6 is 0 Å². The maximum atomic E-state index is 12.8. The van der Waals surface area contributed by atoms with E-state index in [9.17, 15) is 4.79 Å². The third kappa shape index (κ3) is 4.67. The van der Waals surface area contributed by atoms with E-state index in [1.54, 1.807) is 19.5 Å². The smallest absolute Gasteiger partial charge is 0.254 e. The number of aromatic nitrogens is 3. The first-order valence-electron chi connectivity index (χ1n) is 11.8. The fourth-order valence-corrected chi connectivity index (χ4v) is 4.69. The number of anilines is 2. The van der Waals surface area contributed by atoms with E-state index in [1.807, 2.05) is 29.2 Å². The van der Waals surface area contributed by atoms with E-state index in [2.05, 4.69) is 15.3 Å².